The standard InChI is InChI=1S/C15H14N2OS/c1-12-3-2-4-14(9-12)18-7-8-19-15-10-13(11-16)5-6-17-15/h2-6,9-10H,7-8H2,1H3. The highest BCUT2D eigenvalue weighted by molar-refractivity contribution is 7.99. The Balaban J connectivity index is 1.79. The number of aryl methyl sites for hydroxylation is 1. The SMILES string of the molecule is Cc1cccc(OCCSc2cc(C#N)ccn2)c1. The number of pyridine rings is 1. The molecular weight excluding hydrogens is 256 g/mol. The first kappa shape index (κ1) is 13.4. The fourth-order valence-electron chi connectivity index (χ4n) is 1.57. The number of nitriles is 1. The van der Waals surface area contributed by atoms with Gasteiger partial charge in [-0.15, -0.1) is 11.8 Å². The van der Waals surface area contributed by atoms with Crippen LogP contribution in [0.3, 0.4) is 0 Å². The minimum absolute atomic E-state index is 0.618. The van der Waals surface area contributed by atoms with E-state index < -0.39 is 0 Å². The highest BCUT2D eigenvalue weighted by Crippen LogP contribution is 2.17. The summed E-state index contributed by atoms with van der Waals surface area (Å²) >= 11 is 1.59. The van der Waals surface area contributed by atoms with Gasteiger partial charge >= 0.3 is 0 Å². The maximum Gasteiger partial charge on any atom is 0.119 e. The van der Waals surface area contributed by atoms with Gasteiger partial charge in [0.25, 0.3) is 0 Å². The van der Waals surface area contributed by atoms with E-state index in [1.165, 1.54) is 5.56 Å². The minimum Gasteiger partial charge on any atom is -0.493 e. The maximum absolute atomic E-state index is 8.80. The Kier molecular flexibility index (Phi) is 4.82. The largest absolute Gasteiger partial charge is 0.493 e. The number of hydrogen-bond donors (Lipinski definition) is 0. The van der Waals surface area contributed by atoms with E-state index >= 15 is 0 Å². The van der Waals surface area contributed by atoms with Crippen LogP contribution in [0, 0.1) is 18.3 Å². The normalized spacial score (nSPS) is 9.89. The molecule has 0 saturated carbocycles. The van der Waals surface area contributed by atoms with Crippen LogP contribution in [0.4, 0.5) is 0 Å². The molecule has 96 valence electrons. The van der Waals surface area contributed by atoms with Crippen molar-refractivity contribution >= 4 is 11.8 Å². The fourth-order valence-corrected chi connectivity index (χ4v) is 2.29. The topological polar surface area (TPSA) is 45.9 Å². The summed E-state index contributed by atoms with van der Waals surface area (Å²) in [6.45, 7) is 2.66. The van der Waals surface area contributed by atoms with Gasteiger partial charge in [-0.1, -0.05) is 12.1 Å². The third-order valence-corrected chi connectivity index (χ3v) is 3.35. The molecule has 1 aromatic carbocycles. The number of nitrogens with zero attached hydrogens (tertiary/aromatic N) is 2. The van der Waals surface area contributed by atoms with Crippen molar-refractivity contribution < 1.29 is 4.74 Å². The predicted molar refractivity (Wildman–Crippen MR) is 76.4 cm³/mol. The molecule has 0 aliphatic heterocycles. The van der Waals surface area contributed by atoms with Crippen LogP contribution in [0.5, 0.6) is 5.75 Å². The van der Waals surface area contributed by atoms with Gasteiger partial charge in [0.2, 0.25) is 0 Å². The lowest BCUT2D eigenvalue weighted by Crippen LogP contribution is -2.00. The molecule has 0 aliphatic carbocycles. The first-order valence-electron chi connectivity index (χ1n) is 5.96. The molecule has 2 rings (SSSR count). The molecule has 0 unspecified atom stereocenters. The highest BCUT2D eigenvalue weighted by atomic mass is 32.2. The van der Waals surface area contributed by atoms with E-state index in [1.54, 1.807) is 30.1 Å². The van der Waals surface area contributed by atoms with Gasteiger partial charge in [-0.2, -0.15) is 5.26 Å². The summed E-state index contributed by atoms with van der Waals surface area (Å²) in [4.78, 5) is 4.20. The third-order valence-electron chi connectivity index (χ3n) is 2.46. The fraction of sp³-hybridized carbons (Fsp3) is 0.200. The number of aromatic nitrogens is 1. The average molecular weight is 270 g/mol. The molecule has 0 saturated heterocycles. The molecule has 0 fully saturated rings. The van der Waals surface area contributed by atoms with Gasteiger partial charge in [0.15, 0.2) is 0 Å². The number of rotatable bonds is 5. The van der Waals surface area contributed by atoms with Crippen molar-refractivity contribution in [2.45, 2.75) is 11.9 Å². The molecule has 0 atom stereocenters. The Morgan fingerprint density at radius 3 is 3.00 bits per heavy atom. The summed E-state index contributed by atoms with van der Waals surface area (Å²) in [7, 11) is 0. The molecule has 4 heteroatoms. The van der Waals surface area contributed by atoms with E-state index in [2.05, 4.69) is 11.1 Å². The predicted octanol–water partition coefficient (Wildman–Crippen LogP) is 3.43. The first-order chi connectivity index (χ1) is 9.28. The summed E-state index contributed by atoms with van der Waals surface area (Å²) in [6, 6.07) is 13.6. The first-order valence-corrected chi connectivity index (χ1v) is 6.95. The highest BCUT2D eigenvalue weighted by Gasteiger charge is 1.99. The summed E-state index contributed by atoms with van der Waals surface area (Å²) < 4.78 is 5.65. The molecule has 0 bridgehead atoms. The number of benzene rings is 1. The molecule has 1 aromatic heterocycles. The Hall–Kier alpha value is -1.99. The summed E-state index contributed by atoms with van der Waals surface area (Å²) in [5.41, 5.74) is 1.82. The lowest BCUT2D eigenvalue weighted by molar-refractivity contribution is 0.343. The Morgan fingerprint density at radius 1 is 1.32 bits per heavy atom. The van der Waals surface area contributed by atoms with E-state index in [1.807, 2.05) is 31.2 Å². The van der Waals surface area contributed by atoms with Crippen LogP contribution in [0.15, 0.2) is 47.6 Å². The van der Waals surface area contributed by atoms with Gasteiger partial charge in [-0.3, -0.25) is 0 Å². The van der Waals surface area contributed by atoms with Crippen molar-refractivity contribution in [1.82, 2.24) is 4.98 Å². The van der Waals surface area contributed by atoms with E-state index in [0.717, 1.165) is 16.5 Å². The Bertz CT molecular complexity index is 593. The van der Waals surface area contributed by atoms with E-state index in [0.29, 0.717) is 12.2 Å². The summed E-state index contributed by atoms with van der Waals surface area (Å²) in [5.74, 6) is 1.69. The van der Waals surface area contributed by atoms with Crippen molar-refractivity contribution in [3.05, 3.63) is 53.7 Å². The van der Waals surface area contributed by atoms with E-state index in [-0.39, 0.29) is 0 Å². The summed E-state index contributed by atoms with van der Waals surface area (Å²) in [5, 5.41) is 9.65. The molecule has 2 aromatic rings. The van der Waals surface area contributed by atoms with Crippen LogP contribution in [-0.2, 0) is 0 Å². The van der Waals surface area contributed by atoms with Gasteiger partial charge in [0, 0.05) is 11.9 Å². The monoisotopic (exact) mass is 270 g/mol. The lowest BCUT2D eigenvalue weighted by atomic mass is 10.2. The average Bonchev–Trinajstić information content (AvgIpc) is 2.44. The molecule has 1 heterocycles. The van der Waals surface area contributed by atoms with Crippen molar-refractivity contribution in [2.75, 3.05) is 12.4 Å². The molecule has 19 heavy (non-hydrogen) atoms. The molecule has 0 spiro atoms. The van der Waals surface area contributed by atoms with E-state index in [4.69, 9.17) is 10.00 Å². The van der Waals surface area contributed by atoms with Gasteiger partial charge in [0.05, 0.1) is 23.3 Å². The smallest absolute Gasteiger partial charge is 0.119 e. The van der Waals surface area contributed by atoms with Crippen LogP contribution in [-0.4, -0.2) is 17.3 Å². The van der Waals surface area contributed by atoms with Gasteiger partial charge in [-0.25, -0.2) is 4.98 Å². The number of ether oxygens (including phenoxy) is 1. The van der Waals surface area contributed by atoms with Crippen LogP contribution in [0.25, 0.3) is 0 Å². The van der Waals surface area contributed by atoms with Crippen molar-refractivity contribution in [3.63, 3.8) is 0 Å². The van der Waals surface area contributed by atoms with Crippen LogP contribution in [0.2, 0.25) is 0 Å². The van der Waals surface area contributed by atoms with Gasteiger partial charge < -0.3 is 4.74 Å². The zero-order valence-electron chi connectivity index (χ0n) is 10.7. The molecule has 3 nitrogen and oxygen atoms in total. The lowest BCUT2D eigenvalue weighted by Gasteiger charge is -2.06. The molecule has 0 aliphatic rings. The zero-order chi connectivity index (χ0) is 13.5. The van der Waals surface area contributed by atoms with Gasteiger partial charge in [-0.05, 0) is 36.8 Å². The quantitative estimate of drug-likeness (QED) is 0.617. The third kappa shape index (κ3) is 4.31. The van der Waals surface area contributed by atoms with Crippen molar-refractivity contribution in [1.29, 1.82) is 5.26 Å². The molecule has 0 N–H and O–H groups in total. The Morgan fingerprint density at radius 2 is 2.21 bits per heavy atom. The van der Waals surface area contributed by atoms with Crippen LogP contribution in [0.1, 0.15) is 11.1 Å². The summed E-state index contributed by atoms with van der Waals surface area (Å²) in [6.07, 6.45) is 1.66. The van der Waals surface area contributed by atoms with Gasteiger partial charge in [0.1, 0.15) is 5.75 Å². The van der Waals surface area contributed by atoms with Crippen molar-refractivity contribution in [2.24, 2.45) is 0 Å². The number of hydrogen-bond acceptors (Lipinski definition) is 4. The molecule has 0 radical (unpaired) electrons. The second kappa shape index (κ2) is 6.81. The maximum atomic E-state index is 8.80. The van der Waals surface area contributed by atoms with E-state index in [9.17, 15) is 0 Å². The minimum atomic E-state index is 0.618. The zero-order valence-corrected chi connectivity index (χ0v) is 11.5. The Labute approximate surface area is 117 Å². The van der Waals surface area contributed by atoms with Crippen LogP contribution < -0.4 is 4.74 Å². The molecular formula is C15H14N2OS. The molecule has 0 amide bonds. The second-order valence-electron chi connectivity index (χ2n) is 4.01. The number of thioether (sulfide) groups is 1. The van der Waals surface area contributed by atoms with Crippen molar-refractivity contribution in [3.8, 4) is 11.8 Å². The second-order valence-corrected chi connectivity index (χ2v) is 5.12. The van der Waals surface area contributed by atoms with Crippen LogP contribution >= 0.6 is 11.8 Å².